The number of amides is 1. The fraction of sp³-hybridized carbons (Fsp3) is 0.300. The first-order valence-corrected chi connectivity index (χ1v) is 9.29. The highest BCUT2D eigenvalue weighted by molar-refractivity contribution is 5.81. The standard InChI is InChI=1S/C20H22N6O2/c1-16(28-19-9-7-18(8-10-19)26-15-21-22-23-26)20(27)25-13-11-24(12-14-25)17-5-3-2-4-6-17/h2-10,15-16H,11-14H2,1H3. The van der Waals surface area contributed by atoms with Crippen molar-refractivity contribution in [3.05, 3.63) is 60.9 Å². The van der Waals surface area contributed by atoms with Gasteiger partial charge in [-0.3, -0.25) is 4.79 Å². The zero-order chi connectivity index (χ0) is 19.3. The van der Waals surface area contributed by atoms with Gasteiger partial charge in [-0.1, -0.05) is 18.2 Å². The monoisotopic (exact) mass is 378 g/mol. The molecule has 1 saturated heterocycles. The lowest BCUT2D eigenvalue weighted by Crippen LogP contribution is -2.52. The topological polar surface area (TPSA) is 76.4 Å². The van der Waals surface area contributed by atoms with Crippen LogP contribution in [-0.4, -0.2) is 63.3 Å². The highest BCUT2D eigenvalue weighted by atomic mass is 16.5. The van der Waals surface area contributed by atoms with Gasteiger partial charge in [-0.15, -0.1) is 5.10 Å². The van der Waals surface area contributed by atoms with E-state index in [1.54, 1.807) is 11.6 Å². The van der Waals surface area contributed by atoms with E-state index in [-0.39, 0.29) is 5.91 Å². The smallest absolute Gasteiger partial charge is 0.263 e. The molecule has 3 aromatic rings. The van der Waals surface area contributed by atoms with Gasteiger partial charge in [0.25, 0.3) is 5.91 Å². The molecule has 8 nitrogen and oxygen atoms in total. The lowest BCUT2D eigenvalue weighted by molar-refractivity contribution is -0.138. The van der Waals surface area contributed by atoms with Gasteiger partial charge in [-0.2, -0.15) is 0 Å². The molecule has 28 heavy (non-hydrogen) atoms. The molecule has 2 heterocycles. The molecule has 1 aromatic heterocycles. The molecule has 0 spiro atoms. The number of ether oxygens (including phenoxy) is 1. The van der Waals surface area contributed by atoms with Gasteiger partial charge in [0.05, 0.1) is 5.69 Å². The van der Waals surface area contributed by atoms with E-state index in [0.29, 0.717) is 18.8 Å². The predicted octanol–water partition coefficient (Wildman–Crippen LogP) is 1.78. The van der Waals surface area contributed by atoms with Crippen molar-refractivity contribution in [2.75, 3.05) is 31.1 Å². The normalized spacial score (nSPS) is 15.3. The fourth-order valence-electron chi connectivity index (χ4n) is 3.29. The summed E-state index contributed by atoms with van der Waals surface area (Å²) < 4.78 is 7.41. The maximum Gasteiger partial charge on any atom is 0.263 e. The minimum Gasteiger partial charge on any atom is -0.481 e. The van der Waals surface area contributed by atoms with Crippen LogP contribution in [-0.2, 0) is 4.79 Å². The SMILES string of the molecule is CC(Oc1ccc(-n2cnnn2)cc1)C(=O)N1CCN(c2ccccc2)CC1. The van der Waals surface area contributed by atoms with E-state index in [2.05, 4.69) is 32.6 Å². The molecular formula is C20H22N6O2. The highest BCUT2D eigenvalue weighted by Gasteiger charge is 2.26. The summed E-state index contributed by atoms with van der Waals surface area (Å²) in [6.45, 7) is 4.83. The number of carbonyl (C=O) groups excluding carboxylic acids is 1. The van der Waals surface area contributed by atoms with Crippen LogP contribution in [0.4, 0.5) is 5.69 Å². The lowest BCUT2D eigenvalue weighted by Gasteiger charge is -2.37. The van der Waals surface area contributed by atoms with E-state index in [9.17, 15) is 4.79 Å². The Bertz CT molecular complexity index is 890. The van der Waals surface area contributed by atoms with Gasteiger partial charge < -0.3 is 14.5 Å². The average Bonchev–Trinajstić information content (AvgIpc) is 3.29. The first-order chi connectivity index (χ1) is 13.7. The van der Waals surface area contributed by atoms with Crippen LogP contribution in [0.1, 0.15) is 6.92 Å². The summed E-state index contributed by atoms with van der Waals surface area (Å²) in [6.07, 6.45) is 0.985. The van der Waals surface area contributed by atoms with Gasteiger partial charge in [0.1, 0.15) is 12.1 Å². The van der Waals surface area contributed by atoms with Crippen molar-refractivity contribution in [3.63, 3.8) is 0 Å². The Hall–Kier alpha value is -3.42. The van der Waals surface area contributed by atoms with Crippen LogP contribution in [0.5, 0.6) is 5.75 Å². The molecule has 1 amide bonds. The molecule has 0 bridgehead atoms. The average molecular weight is 378 g/mol. The van der Waals surface area contributed by atoms with E-state index in [0.717, 1.165) is 18.8 Å². The van der Waals surface area contributed by atoms with Gasteiger partial charge >= 0.3 is 0 Å². The number of hydrogen-bond acceptors (Lipinski definition) is 6. The minimum atomic E-state index is -0.540. The number of hydrogen-bond donors (Lipinski definition) is 0. The van der Waals surface area contributed by atoms with Gasteiger partial charge in [-0.05, 0) is 53.7 Å². The van der Waals surface area contributed by atoms with Crippen molar-refractivity contribution in [3.8, 4) is 11.4 Å². The first-order valence-electron chi connectivity index (χ1n) is 9.29. The largest absolute Gasteiger partial charge is 0.481 e. The molecule has 4 rings (SSSR count). The molecule has 1 fully saturated rings. The Labute approximate surface area is 163 Å². The lowest BCUT2D eigenvalue weighted by atomic mass is 10.2. The molecule has 8 heteroatoms. The number of para-hydroxylation sites is 1. The predicted molar refractivity (Wildman–Crippen MR) is 104 cm³/mol. The summed E-state index contributed by atoms with van der Waals surface area (Å²) in [5.41, 5.74) is 2.02. The molecule has 0 N–H and O–H groups in total. The van der Waals surface area contributed by atoms with Crippen LogP contribution in [0.25, 0.3) is 5.69 Å². The third-order valence-corrected chi connectivity index (χ3v) is 4.82. The highest BCUT2D eigenvalue weighted by Crippen LogP contribution is 2.18. The van der Waals surface area contributed by atoms with Gasteiger partial charge in [0, 0.05) is 31.9 Å². The van der Waals surface area contributed by atoms with Crippen molar-refractivity contribution in [2.45, 2.75) is 13.0 Å². The minimum absolute atomic E-state index is 0.0114. The van der Waals surface area contributed by atoms with E-state index in [1.165, 1.54) is 12.0 Å². The molecule has 1 aliphatic heterocycles. The molecule has 1 atom stereocenters. The molecule has 1 aliphatic rings. The fourth-order valence-corrected chi connectivity index (χ4v) is 3.29. The van der Waals surface area contributed by atoms with Crippen LogP contribution in [0.2, 0.25) is 0 Å². The summed E-state index contributed by atoms with van der Waals surface area (Å²) >= 11 is 0. The Morgan fingerprint density at radius 3 is 2.32 bits per heavy atom. The zero-order valence-electron chi connectivity index (χ0n) is 15.7. The summed E-state index contributed by atoms with van der Waals surface area (Å²) in [5.74, 6) is 0.651. The molecule has 1 unspecified atom stereocenters. The second-order valence-corrected chi connectivity index (χ2v) is 6.66. The van der Waals surface area contributed by atoms with Crippen LogP contribution in [0.3, 0.4) is 0 Å². The van der Waals surface area contributed by atoms with Gasteiger partial charge in [-0.25, -0.2) is 4.68 Å². The maximum atomic E-state index is 12.8. The van der Waals surface area contributed by atoms with Gasteiger partial charge in [0.15, 0.2) is 6.10 Å². The Morgan fingerprint density at radius 1 is 0.964 bits per heavy atom. The maximum absolute atomic E-state index is 12.8. The third kappa shape index (κ3) is 3.95. The summed E-state index contributed by atoms with van der Waals surface area (Å²) in [5, 5.41) is 11.1. The number of benzene rings is 2. The van der Waals surface area contributed by atoms with Crippen LogP contribution < -0.4 is 9.64 Å². The number of anilines is 1. The van der Waals surface area contributed by atoms with E-state index in [4.69, 9.17) is 4.74 Å². The van der Waals surface area contributed by atoms with Crippen molar-refractivity contribution in [2.24, 2.45) is 0 Å². The number of piperazine rings is 1. The van der Waals surface area contributed by atoms with Gasteiger partial charge in [0.2, 0.25) is 0 Å². The van der Waals surface area contributed by atoms with Crippen molar-refractivity contribution in [1.82, 2.24) is 25.1 Å². The Balaban J connectivity index is 1.31. The molecule has 2 aromatic carbocycles. The molecule has 0 aliphatic carbocycles. The molecular weight excluding hydrogens is 356 g/mol. The van der Waals surface area contributed by atoms with Crippen LogP contribution in [0, 0.1) is 0 Å². The first kappa shape index (κ1) is 18.0. The van der Waals surface area contributed by atoms with Crippen molar-refractivity contribution < 1.29 is 9.53 Å². The molecule has 144 valence electrons. The molecule has 0 saturated carbocycles. The zero-order valence-corrected chi connectivity index (χ0v) is 15.7. The number of nitrogens with zero attached hydrogens (tertiary/aromatic N) is 6. The Morgan fingerprint density at radius 2 is 1.68 bits per heavy atom. The Kier molecular flexibility index (Phi) is 5.18. The summed E-state index contributed by atoms with van der Waals surface area (Å²) in [7, 11) is 0. The third-order valence-electron chi connectivity index (χ3n) is 4.82. The van der Waals surface area contributed by atoms with Crippen LogP contribution >= 0.6 is 0 Å². The van der Waals surface area contributed by atoms with Crippen molar-refractivity contribution in [1.29, 1.82) is 0 Å². The second kappa shape index (κ2) is 8.08. The van der Waals surface area contributed by atoms with E-state index >= 15 is 0 Å². The summed E-state index contributed by atoms with van der Waals surface area (Å²) in [6, 6.07) is 17.6. The number of aromatic nitrogens is 4. The summed E-state index contributed by atoms with van der Waals surface area (Å²) in [4.78, 5) is 16.9. The quantitative estimate of drug-likeness (QED) is 0.674. The molecule has 0 radical (unpaired) electrons. The number of tetrazole rings is 1. The van der Waals surface area contributed by atoms with Crippen LogP contribution in [0.15, 0.2) is 60.9 Å². The van der Waals surface area contributed by atoms with E-state index in [1.807, 2.05) is 47.4 Å². The number of carbonyl (C=O) groups is 1. The van der Waals surface area contributed by atoms with E-state index < -0.39 is 6.10 Å². The second-order valence-electron chi connectivity index (χ2n) is 6.66. The number of rotatable bonds is 5. The van der Waals surface area contributed by atoms with Crippen molar-refractivity contribution >= 4 is 11.6 Å².